The third-order valence-corrected chi connectivity index (χ3v) is 4.25. The van der Waals surface area contributed by atoms with Crippen LogP contribution in [0.1, 0.15) is 31.9 Å². The Balaban J connectivity index is 2.90. The summed E-state index contributed by atoms with van der Waals surface area (Å²) < 4.78 is 32.4. The summed E-state index contributed by atoms with van der Waals surface area (Å²) >= 11 is 0. The summed E-state index contributed by atoms with van der Waals surface area (Å²) in [6.45, 7) is 7.92. The molecule has 0 amide bonds. The molecule has 0 saturated carbocycles. The number of hydrogen-bond donors (Lipinski definition) is 1. The van der Waals surface area contributed by atoms with Crippen molar-refractivity contribution in [1.29, 1.82) is 5.26 Å². The zero-order valence-corrected chi connectivity index (χ0v) is 13.0. The molecular formula is C14H20N2O3S. The average molecular weight is 296 g/mol. The van der Waals surface area contributed by atoms with Crippen molar-refractivity contribution in [3.63, 3.8) is 0 Å². The Labute approximate surface area is 120 Å². The maximum atomic E-state index is 12.2. The van der Waals surface area contributed by atoms with E-state index in [2.05, 4.69) is 4.72 Å². The molecule has 1 aromatic rings. The first-order valence-electron chi connectivity index (χ1n) is 6.36. The van der Waals surface area contributed by atoms with E-state index in [1.54, 1.807) is 6.92 Å². The van der Waals surface area contributed by atoms with Gasteiger partial charge in [-0.2, -0.15) is 5.26 Å². The molecule has 0 aliphatic heterocycles. The number of hydrogen-bond acceptors (Lipinski definition) is 4. The molecule has 5 nitrogen and oxygen atoms in total. The Bertz CT molecular complexity index is 616. The van der Waals surface area contributed by atoms with Crippen molar-refractivity contribution in [1.82, 2.24) is 4.72 Å². The van der Waals surface area contributed by atoms with E-state index in [9.17, 15) is 8.42 Å². The first-order chi connectivity index (χ1) is 9.22. The van der Waals surface area contributed by atoms with Crippen LogP contribution in [0.5, 0.6) is 0 Å². The topological polar surface area (TPSA) is 79.2 Å². The highest BCUT2D eigenvalue weighted by Gasteiger charge is 2.22. The molecule has 1 aromatic carbocycles. The molecular weight excluding hydrogens is 276 g/mol. The standard InChI is InChI=1S/C14H20N2O3S/c1-5-19-14(3,4)10-16-20(17,18)13-7-6-12(9-15)11(2)8-13/h6-8,16H,5,10H2,1-4H3. The highest BCUT2D eigenvalue weighted by atomic mass is 32.2. The molecule has 0 aliphatic carbocycles. The first-order valence-corrected chi connectivity index (χ1v) is 7.84. The highest BCUT2D eigenvalue weighted by molar-refractivity contribution is 7.89. The van der Waals surface area contributed by atoms with Gasteiger partial charge < -0.3 is 4.74 Å². The van der Waals surface area contributed by atoms with E-state index in [0.717, 1.165) is 0 Å². The second kappa shape index (κ2) is 6.35. The SMILES string of the molecule is CCOC(C)(C)CNS(=O)(=O)c1ccc(C#N)c(C)c1. The minimum absolute atomic E-state index is 0.154. The van der Waals surface area contributed by atoms with E-state index in [4.69, 9.17) is 10.00 Å². The quantitative estimate of drug-likeness (QED) is 0.870. The van der Waals surface area contributed by atoms with Gasteiger partial charge in [-0.3, -0.25) is 0 Å². The fourth-order valence-corrected chi connectivity index (χ4v) is 3.01. The molecule has 110 valence electrons. The van der Waals surface area contributed by atoms with Gasteiger partial charge in [0.1, 0.15) is 0 Å². The molecule has 0 atom stereocenters. The van der Waals surface area contributed by atoms with Crippen LogP contribution >= 0.6 is 0 Å². The van der Waals surface area contributed by atoms with Crippen LogP contribution < -0.4 is 4.72 Å². The van der Waals surface area contributed by atoms with Crippen LogP contribution in [0.15, 0.2) is 23.1 Å². The maximum absolute atomic E-state index is 12.2. The summed E-state index contributed by atoms with van der Waals surface area (Å²) in [5.41, 5.74) is 0.543. The van der Waals surface area contributed by atoms with Gasteiger partial charge in [-0.25, -0.2) is 13.1 Å². The molecule has 0 aromatic heterocycles. The van der Waals surface area contributed by atoms with E-state index in [-0.39, 0.29) is 11.4 Å². The van der Waals surface area contributed by atoms with Crippen molar-refractivity contribution in [3.8, 4) is 6.07 Å². The van der Waals surface area contributed by atoms with Gasteiger partial charge in [-0.1, -0.05) is 0 Å². The van der Waals surface area contributed by atoms with Gasteiger partial charge in [0, 0.05) is 13.2 Å². The van der Waals surface area contributed by atoms with Crippen molar-refractivity contribution in [3.05, 3.63) is 29.3 Å². The largest absolute Gasteiger partial charge is 0.375 e. The minimum Gasteiger partial charge on any atom is -0.375 e. The summed E-state index contributed by atoms with van der Waals surface area (Å²) in [6.07, 6.45) is 0. The maximum Gasteiger partial charge on any atom is 0.240 e. The Kier molecular flexibility index (Phi) is 5.28. The molecule has 0 fully saturated rings. The lowest BCUT2D eigenvalue weighted by molar-refractivity contribution is -0.00515. The molecule has 0 spiro atoms. The number of nitriles is 1. The van der Waals surface area contributed by atoms with E-state index in [1.807, 2.05) is 26.8 Å². The van der Waals surface area contributed by atoms with Crippen LogP contribution in [-0.4, -0.2) is 27.2 Å². The number of nitrogens with one attached hydrogen (secondary N) is 1. The number of benzene rings is 1. The number of rotatable bonds is 6. The highest BCUT2D eigenvalue weighted by Crippen LogP contribution is 2.16. The predicted octanol–water partition coefficient (Wildman–Crippen LogP) is 1.96. The zero-order valence-electron chi connectivity index (χ0n) is 12.2. The molecule has 0 saturated heterocycles. The number of aryl methyl sites for hydroxylation is 1. The third-order valence-electron chi connectivity index (χ3n) is 2.85. The lowest BCUT2D eigenvalue weighted by atomic mass is 10.1. The van der Waals surface area contributed by atoms with E-state index in [1.165, 1.54) is 18.2 Å². The molecule has 1 rings (SSSR count). The van der Waals surface area contributed by atoms with Crippen LogP contribution in [0.3, 0.4) is 0 Å². The van der Waals surface area contributed by atoms with Crippen molar-refractivity contribution >= 4 is 10.0 Å². The fraction of sp³-hybridized carbons (Fsp3) is 0.500. The van der Waals surface area contributed by atoms with Gasteiger partial charge in [-0.05, 0) is 51.5 Å². The first kappa shape index (κ1) is 16.6. The van der Waals surface area contributed by atoms with Crippen molar-refractivity contribution in [2.45, 2.75) is 38.2 Å². The van der Waals surface area contributed by atoms with E-state index < -0.39 is 15.6 Å². The molecule has 0 heterocycles. The fourth-order valence-electron chi connectivity index (χ4n) is 1.72. The van der Waals surface area contributed by atoms with Gasteiger partial charge in [0.25, 0.3) is 0 Å². The van der Waals surface area contributed by atoms with Crippen LogP contribution in [0.4, 0.5) is 0 Å². The summed E-state index contributed by atoms with van der Waals surface area (Å²) in [6, 6.07) is 6.45. The number of ether oxygens (including phenoxy) is 1. The van der Waals surface area contributed by atoms with Crippen LogP contribution in [0.25, 0.3) is 0 Å². The van der Waals surface area contributed by atoms with Gasteiger partial charge in [0.15, 0.2) is 0 Å². The molecule has 0 bridgehead atoms. The van der Waals surface area contributed by atoms with Crippen LogP contribution in [0.2, 0.25) is 0 Å². The summed E-state index contributed by atoms with van der Waals surface area (Å²) in [5.74, 6) is 0. The van der Waals surface area contributed by atoms with E-state index in [0.29, 0.717) is 17.7 Å². The molecule has 6 heteroatoms. The zero-order chi connectivity index (χ0) is 15.4. The van der Waals surface area contributed by atoms with Gasteiger partial charge in [-0.15, -0.1) is 0 Å². The predicted molar refractivity (Wildman–Crippen MR) is 76.8 cm³/mol. The Morgan fingerprint density at radius 1 is 1.40 bits per heavy atom. The molecule has 0 unspecified atom stereocenters. The van der Waals surface area contributed by atoms with Crippen LogP contribution in [-0.2, 0) is 14.8 Å². The second-order valence-electron chi connectivity index (χ2n) is 5.11. The summed E-state index contributed by atoms with van der Waals surface area (Å²) in [4.78, 5) is 0.154. The lowest BCUT2D eigenvalue weighted by Gasteiger charge is -2.24. The smallest absolute Gasteiger partial charge is 0.240 e. The second-order valence-corrected chi connectivity index (χ2v) is 6.87. The summed E-state index contributed by atoms with van der Waals surface area (Å²) in [7, 11) is -3.60. The monoisotopic (exact) mass is 296 g/mol. The Morgan fingerprint density at radius 2 is 2.05 bits per heavy atom. The minimum atomic E-state index is -3.60. The van der Waals surface area contributed by atoms with Gasteiger partial charge in [0.2, 0.25) is 10.0 Å². The van der Waals surface area contributed by atoms with Crippen molar-refractivity contribution in [2.75, 3.05) is 13.2 Å². The van der Waals surface area contributed by atoms with Gasteiger partial charge in [0.05, 0.1) is 22.1 Å². The molecule has 0 radical (unpaired) electrons. The van der Waals surface area contributed by atoms with Crippen molar-refractivity contribution < 1.29 is 13.2 Å². The number of nitrogens with zero attached hydrogens (tertiary/aromatic N) is 1. The summed E-state index contributed by atoms with van der Waals surface area (Å²) in [5, 5.41) is 8.85. The molecule has 0 aliphatic rings. The van der Waals surface area contributed by atoms with Crippen LogP contribution in [0, 0.1) is 18.3 Å². The molecule has 20 heavy (non-hydrogen) atoms. The normalized spacial score (nSPS) is 12.2. The third kappa shape index (κ3) is 4.30. The van der Waals surface area contributed by atoms with Gasteiger partial charge >= 0.3 is 0 Å². The van der Waals surface area contributed by atoms with E-state index >= 15 is 0 Å². The number of sulfonamides is 1. The average Bonchev–Trinajstić information content (AvgIpc) is 2.36. The Hall–Kier alpha value is -1.42. The molecule has 1 N–H and O–H groups in total. The van der Waals surface area contributed by atoms with Crippen molar-refractivity contribution in [2.24, 2.45) is 0 Å². The Morgan fingerprint density at radius 3 is 2.55 bits per heavy atom. The lowest BCUT2D eigenvalue weighted by Crippen LogP contribution is -2.40.